The summed E-state index contributed by atoms with van der Waals surface area (Å²) < 4.78 is 6.87. The molecule has 10 nitrogen and oxygen atoms in total. The molecule has 2 saturated heterocycles. The summed E-state index contributed by atoms with van der Waals surface area (Å²) in [5.41, 5.74) is 3.29. The van der Waals surface area contributed by atoms with Gasteiger partial charge in [0.15, 0.2) is 5.60 Å². The van der Waals surface area contributed by atoms with Crippen LogP contribution in [0.5, 0.6) is 0 Å². The van der Waals surface area contributed by atoms with Crippen LogP contribution in [0.25, 0.3) is 22.3 Å². The molecular formula is C33H39N5O5. The van der Waals surface area contributed by atoms with Crippen molar-refractivity contribution in [1.29, 1.82) is 0 Å². The summed E-state index contributed by atoms with van der Waals surface area (Å²) in [6.45, 7) is 7.86. The lowest BCUT2D eigenvalue weighted by Crippen LogP contribution is -2.49. The second kappa shape index (κ2) is 10.7. The van der Waals surface area contributed by atoms with Gasteiger partial charge >= 0.3 is 12.0 Å². The SMILES string of the molecule is CCc1c2c(nc3ccc(NC(=O)N4CCC(N5CCCCC5)CC4)cc13)-c1cc3c(c(=O)n1C2)COC(=O)[C@]3(O)CC. The van der Waals surface area contributed by atoms with Gasteiger partial charge in [-0.15, -0.1) is 0 Å². The van der Waals surface area contributed by atoms with Crippen LogP contribution in [0.2, 0.25) is 0 Å². The van der Waals surface area contributed by atoms with Crippen LogP contribution in [0.1, 0.15) is 74.6 Å². The first-order valence-electron chi connectivity index (χ1n) is 15.7. The van der Waals surface area contributed by atoms with E-state index in [1.54, 1.807) is 17.6 Å². The van der Waals surface area contributed by atoms with E-state index < -0.39 is 11.6 Å². The molecule has 43 heavy (non-hydrogen) atoms. The Hall–Kier alpha value is -3.76. The monoisotopic (exact) mass is 585 g/mol. The number of hydrogen-bond donors (Lipinski definition) is 2. The third kappa shape index (κ3) is 4.53. The van der Waals surface area contributed by atoms with Crippen LogP contribution in [-0.4, -0.2) is 68.7 Å². The summed E-state index contributed by atoms with van der Waals surface area (Å²) in [5, 5.41) is 15.2. The number of carbonyl (C=O) groups is 2. The van der Waals surface area contributed by atoms with Crippen LogP contribution in [0.15, 0.2) is 29.1 Å². The number of nitrogens with one attached hydrogen (secondary N) is 1. The zero-order valence-corrected chi connectivity index (χ0v) is 24.9. The Labute approximate surface area is 250 Å². The number of likely N-dealkylation sites (tertiary alicyclic amines) is 2. The number of ether oxygens (including phenoxy) is 1. The molecule has 0 bridgehead atoms. The van der Waals surface area contributed by atoms with Crippen molar-refractivity contribution in [3.63, 3.8) is 0 Å². The predicted molar refractivity (Wildman–Crippen MR) is 163 cm³/mol. The molecule has 4 aliphatic rings. The van der Waals surface area contributed by atoms with E-state index >= 15 is 0 Å². The minimum absolute atomic E-state index is 0.0756. The van der Waals surface area contributed by atoms with Gasteiger partial charge in [-0.25, -0.2) is 14.6 Å². The zero-order valence-electron chi connectivity index (χ0n) is 24.9. The van der Waals surface area contributed by atoms with E-state index in [-0.39, 0.29) is 24.6 Å². The molecule has 0 saturated carbocycles. The quantitative estimate of drug-likeness (QED) is 0.346. The van der Waals surface area contributed by atoms with E-state index in [0.29, 0.717) is 41.5 Å². The Kier molecular flexibility index (Phi) is 7.01. The van der Waals surface area contributed by atoms with Gasteiger partial charge in [0.1, 0.15) is 6.61 Å². The lowest BCUT2D eigenvalue weighted by molar-refractivity contribution is -0.172. The molecular weight excluding hydrogens is 546 g/mol. The van der Waals surface area contributed by atoms with Gasteiger partial charge in [0, 0.05) is 41.3 Å². The summed E-state index contributed by atoms with van der Waals surface area (Å²) in [6, 6.07) is 8.02. The summed E-state index contributed by atoms with van der Waals surface area (Å²) >= 11 is 0. The number of pyridine rings is 2. The van der Waals surface area contributed by atoms with Crippen molar-refractivity contribution < 1.29 is 19.4 Å². The van der Waals surface area contributed by atoms with Crippen molar-refractivity contribution in [3.05, 3.63) is 56.9 Å². The van der Waals surface area contributed by atoms with Gasteiger partial charge in [0.05, 0.1) is 29.0 Å². The van der Waals surface area contributed by atoms with E-state index in [9.17, 15) is 19.5 Å². The highest BCUT2D eigenvalue weighted by atomic mass is 16.6. The van der Waals surface area contributed by atoms with Crippen molar-refractivity contribution in [2.75, 3.05) is 31.5 Å². The number of carbonyl (C=O) groups excluding carboxylic acids is 2. The van der Waals surface area contributed by atoms with E-state index in [4.69, 9.17) is 9.72 Å². The number of cyclic esters (lactones) is 1. The molecule has 4 aliphatic heterocycles. The Bertz CT molecular complexity index is 1690. The van der Waals surface area contributed by atoms with Crippen molar-refractivity contribution in [2.24, 2.45) is 0 Å². The van der Waals surface area contributed by atoms with Crippen molar-refractivity contribution in [1.82, 2.24) is 19.4 Å². The number of urea groups is 1. The van der Waals surface area contributed by atoms with Gasteiger partial charge in [-0.1, -0.05) is 20.3 Å². The first-order chi connectivity index (χ1) is 20.8. The second-order valence-corrected chi connectivity index (χ2v) is 12.4. The number of aromatic nitrogens is 2. The Morgan fingerprint density at radius 3 is 2.56 bits per heavy atom. The maximum Gasteiger partial charge on any atom is 0.343 e. The molecule has 10 heteroatoms. The molecule has 7 rings (SSSR count). The number of esters is 1. The smallest absolute Gasteiger partial charge is 0.343 e. The average molecular weight is 586 g/mol. The third-order valence-electron chi connectivity index (χ3n) is 10.1. The lowest BCUT2D eigenvalue weighted by atomic mass is 9.86. The van der Waals surface area contributed by atoms with Crippen molar-refractivity contribution >= 4 is 28.6 Å². The molecule has 1 atom stereocenters. The summed E-state index contributed by atoms with van der Waals surface area (Å²) in [6.07, 6.45) is 6.74. The number of aliphatic hydroxyl groups is 1. The van der Waals surface area contributed by atoms with Gasteiger partial charge in [-0.2, -0.15) is 0 Å². The fourth-order valence-corrected chi connectivity index (χ4v) is 7.56. The van der Waals surface area contributed by atoms with Crippen LogP contribution in [0.4, 0.5) is 10.5 Å². The van der Waals surface area contributed by atoms with Crippen molar-refractivity contribution in [2.45, 2.75) is 83.6 Å². The molecule has 6 heterocycles. The van der Waals surface area contributed by atoms with Crippen LogP contribution in [-0.2, 0) is 34.7 Å². The largest absolute Gasteiger partial charge is 0.458 e. The van der Waals surface area contributed by atoms with Crippen molar-refractivity contribution in [3.8, 4) is 11.4 Å². The first kappa shape index (κ1) is 28.0. The molecule has 0 radical (unpaired) electrons. The molecule has 0 unspecified atom stereocenters. The maximum absolute atomic E-state index is 13.6. The first-order valence-corrected chi connectivity index (χ1v) is 15.7. The fourth-order valence-electron chi connectivity index (χ4n) is 7.56. The van der Waals surface area contributed by atoms with Crippen LogP contribution >= 0.6 is 0 Å². The third-order valence-corrected chi connectivity index (χ3v) is 10.1. The average Bonchev–Trinajstić information content (AvgIpc) is 3.41. The number of fused-ring (bicyclic) bond motifs is 5. The molecule has 2 fully saturated rings. The van der Waals surface area contributed by atoms with Gasteiger partial charge in [0.2, 0.25) is 0 Å². The zero-order chi connectivity index (χ0) is 29.9. The van der Waals surface area contributed by atoms with Gasteiger partial charge < -0.3 is 29.5 Å². The topological polar surface area (TPSA) is 117 Å². The second-order valence-electron chi connectivity index (χ2n) is 12.4. The normalized spacial score (nSPS) is 22.2. The molecule has 226 valence electrons. The van der Waals surface area contributed by atoms with Gasteiger partial charge in [-0.3, -0.25) is 4.79 Å². The summed E-state index contributed by atoms with van der Waals surface area (Å²) in [5.74, 6) is -0.730. The van der Waals surface area contributed by atoms with Gasteiger partial charge in [0.25, 0.3) is 5.56 Å². The maximum atomic E-state index is 13.6. The number of aryl methyl sites for hydroxylation is 1. The molecule has 3 aromatic rings. The molecule has 2 amide bonds. The summed E-state index contributed by atoms with van der Waals surface area (Å²) in [7, 11) is 0. The molecule has 0 spiro atoms. The predicted octanol–water partition coefficient (Wildman–Crippen LogP) is 4.12. The number of rotatable bonds is 4. The number of benzene rings is 1. The Morgan fingerprint density at radius 2 is 1.84 bits per heavy atom. The van der Waals surface area contributed by atoms with E-state index in [2.05, 4.69) is 17.1 Å². The highest BCUT2D eigenvalue weighted by Crippen LogP contribution is 2.40. The molecule has 2 N–H and O–H groups in total. The number of amides is 2. The standard InChI is InChI=1S/C33H39N5O5/c1-3-22-23-16-20(34-32(41)37-14-10-21(11-15-37)36-12-6-5-7-13-36)8-9-27(23)35-29-24(22)18-38-28(29)17-26-25(30(38)39)19-43-31(40)33(26,42)4-2/h8-9,16-17,21,42H,3-7,10-15,18-19H2,1-2H3,(H,34,41)/t33-/m0/s1. The highest BCUT2D eigenvalue weighted by Gasteiger charge is 2.45. The Morgan fingerprint density at radius 1 is 1.07 bits per heavy atom. The minimum atomic E-state index is -1.86. The van der Waals surface area contributed by atoms with E-state index in [1.165, 1.54) is 32.4 Å². The molecule has 2 aromatic heterocycles. The van der Waals surface area contributed by atoms with E-state index in [0.717, 1.165) is 53.6 Å². The lowest BCUT2D eigenvalue weighted by Gasteiger charge is -2.40. The van der Waals surface area contributed by atoms with Crippen LogP contribution in [0.3, 0.4) is 0 Å². The Balaban J connectivity index is 1.16. The number of anilines is 1. The molecule has 1 aromatic carbocycles. The fraction of sp³-hybridized carbons (Fsp3) is 0.515. The highest BCUT2D eigenvalue weighted by molar-refractivity contribution is 5.95. The minimum Gasteiger partial charge on any atom is -0.458 e. The summed E-state index contributed by atoms with van der Waals surface area (Å²) in [4.78, 5) is 48.8. The van der Waals surface area contributed by atoms with Gasteiger partial charge in [-0.05, 0) is 81.4 Å². The van der Waals surface area contributed by atoms with Crippen LogP contribution in [0, 0.1) is 0 Å². The number of nitrogens with zero attached hydrogens (tertiary/aromatic N) is 4. The van der Waals surface area contributed by atoms with E-state index in [1.807, 2.05) is 23.1 Å². The number of piperidine rings is 2. The molecule has 0 aliphatic carbocycles. The number of hydrogen-bond acceptors (Lipinski definition) is 7. The van der Waals surface area contributed by atoms with Crippen LogP contribution < -0.4 is 10.9 Å².